The quantitative estimate of drug-likeness (QED) is 0.361. The number of hydrogen-bond acceptors (Lipinski definition) is 7. The van der Waals surface area contributed by atoms with Crippen molar-refractivity contribution in [2.45, 2.75) is 13.8 Å². The van der Waals surface area contributed by atoms with E-state index in [1.807, 2.05) is 44.2 Å². The summed E-state index contributed by atoms with van der Waals surface area (Å²) in [5.41, 5.74) is 2.45. The molecule has 1 aliphatic heterocycles. The molecule has 1 aromatic heterocycles. The van der Waals surface area contributed by atoms with Gasteiger partial charge >= 0.3 is 0 Å². The van der Waals surface area contributed by atoms with Gasteiger partial charge in [-0.3, -0.25) is 19.7 Å². The number of morpholine rings is 1. The van der Waals surface area contributed by atoms with Gasteiger partial charge in [-0.15, -0.1) is 11.3 Å². The molecule has 182 valence electrons. The van der Waals surface area contributed by atoms with Crippen molar-refractivity contribution in [1.29, 1.82) is 0 Å². The first-order chi connectivity index (χ1) is 16.9. The molecule has 1 fully saturated rings. The largest absolute Gasteiger partial charge is 0.380 e. The van der Waals surface area contributed by atoms with Gasteiger partial charge < -0.3 is 20.3 Å². The highest BCUT2D eigenvalue weighted by molar-refractivity contribution is 7.20. The molecule has 0 atom stereocenters. The van der Waals surface area contributed by atoms with Crippen LogP contribution in [0.3, 0.4) is 0 Å². The number of ether oxygens (including phenoxy) is 1. The maximum Gasteiger partial charge on any atom is 0.293 e. The van der Waals surface area contributed by atoms with E-state index in [2.05, 4.69) is 10.6 Å². The number of carbonyl (C=O) groups excluding carboxylic acids is 2. The molecule has 0 bridgehead atoms. The van der Waals surface area contributed by atoms with Crippen molar-refractivity contribution in [3.63, 3.8) is 0 Å². The van der Waals surface area contributed by atoms with Crippen LogP contribution < -0.4 is 10.6 Å². The molecule has 0 saturated carbocycles. The van der Waals surface area contributed by atoms with Crippen LogP contribution in [0.25, 0.3) is 10.4 Å². The minimum absolute atomic E-state index is 0.135. The molecule has 0 aliphatic carbocycles. The third-order valence-electron chi connectivity index (χ3n) is 5.75. The summed E-state index contributed by atoms with van der Waals surface area (Å²) in [5, 5.41) is 17.7. The van der Waals surface area contributed by atoms with Crippen LogP contribution in [0.15, 0.2) is 48.5 Å². The highest BCUT2D eigenvalue weighted by atomic mass is 32.1. The summed E-state index contributed by atoms with van der Waals surface area (Å²) < 4.78 is 5.38. The first-order valence-corrected chi connectivity index (χ1v) is 12.1. The summed E-state index contributed by atoms with van der Waals surface area (Å²) in [6.07, 6.45) is 0. The fourth-order valence-electron chi connectivity index (χ4n) is 3.99. The second kappa shape index (κ2) is 10.7. The van der Waals surface area contributed by atoms with E-state index in [0.29, 0.717) is 49.1 Å². The number of rotatable bonds is 7. The Morgan fingerprint density at radius 2 is 1.86 bits per heavy atom. The minimum Gasteiger partial charge on any atom is -0.380 e. The third kappa shape index (κ3) is 5.18. The minimum atomic E-state index is -0.523. The van der Waals surface area contributed by atoms with Gasteiger partial charge in [-0.25, -0.2) is 0 Å². The molecule has 1 saturated heterocycles. The summed E-state index contributed by atoms with van der Waals surface area (Å²) in [5.74, 6) is -0.693. The lowest BCUT2D eigenvalue weighted by atomic mass is 10.1. The standard InChI is InChI=1S/C25H26N4O5S/c1-3-26-19-10-9-18(15-20(19)29(32)33)23(30)27-24-21(25(31)28-11-13-34-14-12-28)16(2)22(35-24)17-7-5-4-6-8-17/h4-10,15,26H,3,11-14H2,1-2H3,(H,27,30). The van der Waals surface area contributed by atoms with E-state index < -0.39 is 10.8 Å². The highest BCUT2D eigenvalue weighted by Crippen LogP contribution is 2.41. The average Bonchev–Trinajstić information content (AvgIpc) is 3.20. The summed E-state index contributed by atoms with van der Waals surface area (Å²) >= 11 is 1.32. The van der Waals surface area contributed by atoms with Crippen molar-refractivity contribution in [1.82, 2.24) is 4.90 Å². The molecule has 35 heavy (non-hydrogen) atoms. The smallest absolute Gasteiger partial charge is 0.293 e. The number of nitrogens with zero attached hydrogens (tertiary/aromatic N) is 2. The maximum atomic E-state index is 13.5. The van der Waals surface area contributed by atoms with Crippen LogP contribution in [-0.4, -0.2) is 54.5 Å². The molecule has 0 unspecified atom stereocenters. The monoisotopic (exact) mass is 494 g/mol. The van der Waals surface area contributed by atoms with Crippen molar-refractivity contribution in [2.75, 3.05) is 43.5 Å². The molecule has 10 heteroatoms. The zero-order valence-electron chi connectivity index (χ0n) is 19.5. The number of amides is 2. The summed E-state index contributed by atoms with van der Waals surface area (Å²) in [6, 6.07) is 14.0. The van der Waals surface area contributed by atoms with Crippen LogP contribution in [0.4, 0.5) is 16.4 Å². The van der Waals surface area contributed by atoms with Crippen LogP contribution in [-0.2, 0) is 4.74 Å². The second-order valence-electron chi connectivity index (χ2n) is 8.00. The number of carbonyl (C=O) groups is 2. The Morgan fingerprint density at radius 3 is 2.51 bits per heavy atom. The molecule has 2 N–H and O–H groups in total. The number of nitrogens with one attached hydrogen (secondary N) is 2. The number of nitro benzene ring substituents is 1. The predicted molar refractivity (Wildman–Crippen MR) is 136 cm³/mol. The van der Waals surface area contributed by atoms with Crippen LogP contribution in [0.1, 0.15) is 33.2 Å². The van der Waals surface area contributed by atoms with Crippen molar-refractivity contribution in [2.24, 2.45) is 0 Å². The molecule has 9 nitrogen and oxygen atoms in total. The van der Waals surface area contributed by atoms with Gasteiger partial charge in [0.05, 0.1) is 23.7 Å². The van der Waals surface area contributed by atoms with Crippen LogP contribution in [0.5, 0.6) is 0 Å². The number of thiophene rings is 1. The van der Waals surface area contributed by atoms with Gasteiger partial charge in [0, 0.05) is 36.1 Å². The van der Waals surface area contributed by atoms with E-state index in [4.69, 9.17) is 4.74 Å². The van der Waals surface area contributed by atoms with E-state index in [1.165, 1.54) is 29.5 Å². The molecule has 4 rings (SSSR count). The van der Waals surface area contributed by atoms with Crippen molar-refractivity contribution in [3.05, 3.63) is 75.3 Å². The Kier molecular flexibility index (Phi) is 7.42. The van der Waals surface area contributed by atoms with Gasteiger partial charge in [-0.05, 0) is 37.1 Å². The number of hydrogen-bond donors (Lipinski definition) is 2. The molecule has 0 spiro atoms. The second-order valence-corrected chi connectivity index (χ2v) is 9.03. The van der Waals surface area contributed by atoms with E-state index in [9.17, 15) is 19.7 Å². The summed E-state index contributed by atoms with van der Waals surface area (Å²) in [6.45, 7) is 6.09. The van der Waals surface area contributed by atoms with Gasteiger partial charge in [0.15, 0.2) is 0 Å². The number of benzene rings is 2. The average molecular weight is 495 g/mol. The lowest BCUT2D eigenvalue weighted by Crippen LogP contribution is -2.41. The normalized spacial score (nSPS) is 13.4. The molecule has 2 aromatic carbocycles. The van der Waals surface area contributed by atoms with Crippen molar-refractivity contribution >= 4 is 39.5 Å². The third-order valence-corrected chi connectivity index (χ3v) is 7.00. The van der Waals surface area contributed by atoms with Gasteiger partial charge in [0.25, 0.3) is 17.5 Å². The molecule has 1 aliphatic rings. The summed E-state index contributed by atoms with van der Waals surface area (Å²) in [4.78, 5) is 40.3. The van der Waals surface area contributed by atoms with Gasteiger partial charge in [0.1, 0.15) is 10.7 Å². The first-order valence-electron chi connectivity index (χ1n) is 11.3. The van der Waals surface area contributed by atoms with E-state index in [0.717, 1.165) is 16.0 Å². The predicted octanol–water partition coefficient (Wildman–Crippen LogP) is 4.79. The number of nitro groups is 1. The molecule has 0 radical (unpaired) electrons. The molecular formula is C25H26N4O5S. The first kappa shape index (κ1) is 24.4. The van der Waals surface area contributed by atoms with E-state index >= 15 is 0 Å². The highest BCUT2D eigenvalue weighted by Gasteiger charge is 2.28. The molecule has 2 amide bonds. The zero-order valence-corrected chi connectivity index (χ0v) is 20.3. The van der Waals surface area contributed by atoms with E-state index in [-0.39, 0.29) is 17.2 Å². The Bertz CT molecular complexity index is 1250. The Morgan fingerprint density at radius 1 is 1.14 bits per heavy atom. The van der Waals surface area contributed by atoms with Gasteiger partial charge in [-0.2, -0.15) is 0 Å². The van der Waals surface area contributed by atoms with Gasteiger partial charge in [-0.1, -0.05) is 30.3 Å². The fraction of sp³-hybridized carbons (Fsp3) is 0.280. The molecule has 2 heterocycles. The summed E-state index contributed by atoms with van der Waals surface area (Å²) in [7, 11) is 0. The fourth-order valence-corrected chi connectivity index (χ4v) is 5.19. The van der Waals surface area contributed by atoms with Crippen LogP contribution in [0.2, 0.25) is 0 Å². The molecular weight excluding hydrogens is 468 g/mol. The van der Waals surface area contributed by atoms with Crippen LogP contribution in [0, 0.1) is 17.0 Å². The molecule has 3 aromatic rings. The topological polar surface area (TPSA) is 114 Å². The van der Waals surface area contributed by atoms with Gasteiger partial charge in [0.2, 0.25) is 0 Å². The van der Waals surface area contributed by atoms with E-state index in [1.54, 1.807) is 4.90 Å². The lowest BCUT2D eigenvalue weighted by Gasteiger charge is -2.27. The zero-order chi connectivity index (χ0) is 24.9. The Hall–Kier alpha value is -3.76. The van der Waals surface area contributed by atoms with Crippen molar-refractivity contribution < 1.29 is 19.2 Å². The number of anilines is 2. The lowest BCUT2D eigenvalue weighted by molar-refractivity contribution is -0.384. The van der Waals surface area contributed by atoms with Crippen molar-refractivity contribution in [3.8, 4) is 10.4 Å². The Balaban J connectivity index is 1.72. The van der Waals surface area contributed by atoms with Crippen LogP contribution >= 0.6 is 11.3 Å². The SMILES string of the molecule is CCNc1ccc(C(=O)Nc2sc(-c3ccccc3)c(C)c2C(=O)N2CCOCC2)cc1[N+](=O)[O-]. The maximum absolute atomic E-state index is 13.5. The Labute approximate surface area is 206 Å².